The predicted molar refractivity (Wildman–Crippen MR) is 108 cm³/mol. The average molecular weight is 428 g/mol. The number of ether oxygens (including phenoxy) is 2. The van der Waals surface area contributed by atoms with Crippen molar-refractivity contribution in [1.82, 2.24) is 30.3 Å². The van der Waals surface area contributed by atoms with Gasteiger partial charge in [0.2, 0.25) is 0 Å². The van der Waals surface area contributed by atoms with Crippen LogP contribution in [0.1, 0.15) is 23.1 Å². The van der Waals surface area contributed by atoms with Crippen LogP contribution in [0.5, 0.6) is 5.75 Å². The Morgan fingerprint density at radius 2 is 1.90 bits per heavy atom. The highest BCUT2D eigenvalue weighted by Crippen LogP contribution is 2.23. The lowest BCUT2D eigenvalue weighted by Gasteiger charge is -2.09. The lowest BCUT2D eigenvalue weighted by atomic mass is 10.2. The molecule has 1 N–H and O–H groups in total. The van der Waals surface area contributed by atoms with E-state index in [4.69, 9.17) is 9.47 Å². The number of methoxy groups -OCH3 is 1. The molecule has 0 bridgehead atoms. The van der Waals surface area contributed by atoms with E-state index in [9.17, 15) is 9.59 Å². The number of thioether (sulfide) groups is 1. The Morgan fingerprint density at radius 3 is 2.57 bits per heavy atom. The summed E-state index contributed by atoms with van der Waals surface area (Å²) in [6.45, 7) is 1.68. The van der Waals surface area contributed by atoms with Crippen LogP contribution in [0.4, 0.5) is 0 Å². The molecule has 11 heteroatoms. The number of esters is 1. The summed E-state index contributed by atoms with van der Waals surface area (Å²) in [6.07, 6.45) is 3.28. The van der Waals surface area contributed by atoms with Crippen molar-refractivity contribution < 1.29 is 19.1 Å². The summed E-state index contributed by atoms with van der Waals surface area (Å²) >= 11 is 1.34. The van der Waals surface area contributed by atoms with Crippen LogP contribution in [0.2, 0.25) is 0 Å². The molecule has 1 aromatic carbocycles. The van der Waals surface area contributed by atoms with Crippen molar-refractivity contribution in [2.75, 3.05) is 20.3 Å². The first-order valence-corrected chi connectivity index (χ1v) is 10.0. The highest BCUT2D eigenvalue weighted by Gasteiger charge is 2.22. The number of rotatable bonds is 9. The Balaban J connectivity index is 1.86. The maximum atomic E-state index is 12.6. The fourth-order valence-corrected chi connectivity index (χ4v) is 3.27. The second-order valence-corrected chi connectivity index (χ2v) is 6.74. The zero-order valence-electron chi connectivity index (χ0n) is 16.4. The van der Waals surface area contributed by atoms with Gasteiger partial charge in [0, 0.05) is 18.1 Å². The number of benzene rings is 1. The largest absolute Gasteiger partial charge is 0.497 e. The number of aromatic nitrogens is 5. The number of amides is 1. The molecule has 0 atom stereocenters. The van der Waals surface area contributed by atoms with Crippen molar-refractivity contribution in [3.05, 3.63) is 54.1 Å². The van der Waals surface area contributed by atoms with Crippen LogP contribution >= 0.6 is 11.8 Å². The van der Waals surface area contributed by atoms with E-state index in [1.165, 1.54) is 11.8 Å². The van der Waals surface area contributed by atoms with Gasteiger partial charge in [0.25, 0.3) is 5.91 Å². The molecule has 156 valence electrons. The van der Waals surface area contributed by atoms with Crippen molar-refractivity contribution in [2.45, 2.75) is 17.8 Å². The van der Waals surface area contributed by atoms with E-state index < -0.39 is 11.9 Å². The standard InChI is InChI=1S/C19H20N6O4S/c1-3-29-16(26)11-22-18(27)17-15(12-30-19-20-9-4-10-21-19)25(24-23-17)13-5-7-14(28-2)8-6-13/h4-10H,3,11-12H2,1-2H3,(H,22,27). The third kappa shape index (κ3) is 5.32. The normalized spacial score (nSPS) is 10.5. The molecule has 2 aromatic heterocycles. The molecular weight excluding hydrogens is 408 g/mol. The second-order valence-electron chi connectivity index (χ2n) is 5.80. The van der Waals surface area contributed by atoms with Crippen molar-refractivity contribution in [3.63, 3.8) is 0 Å². The van der Waals surface area contributed by atoms with E-state index in [0.717, 1.165) is 0 Å². The first-order chi connectivity index (χ1) is 14.6. The maximum absolute atomic E-state index is 12.6. The summed E-state index contributed by atoms with van der Waals surface area (Å²) in [5, 5.41) is 11.2. The molecule has 0 saturated heterocycles. The summed E-state index contributed by atoms with van der Waals surface area (Å²) in [5.74, 6) is -0.0140. The highest BCUT2D eigenvalue weighted by molar-refractivity contribution is 7.98. The van der Waals surface area contributed by atoms with Gasteiger partial charge in [0.1, 0.15) is 12.3 Å². The molecule has 0 fully saturated rings. The summed E-state index contributed by atoms with van der Waals surface area (Å²) in [7, 11) is 1.58. The molecule has 10 nitrogen and oxygen atoms in total. The fraction of sp³-hybridized carbons (Fsp3) is 0.263. The first kappa shape index (κ1) is 21.2. The molecule has 0 radical (unpaired) electrons. The molecule has 3 aromatic rings. The van der Waals surface area contributed by atoms with E-state index in [1.807, 2.05) is 0 Å². The topological polar surface area (TPSA) is 121 Å². The van der Waals surface area contributed by atoms with Crippen LogP contribution in [0.15, 0.2) is 47.9 Å². The molecule has 2 heterocycles. The van der Waals surface area contributed by atoms with E-state index in [2.05, 4.69) is 25.6 Å². The first-order valence-electron chi connectivity index (χ1n) is 9.05. The van der Waals surface area contributed by atoms with Gasteiger partial charge < -0.3 is 14.8 Å². The van der Waals surface area contributed by atoms with Gasteiger partial charge in [0.05, 0.1) is 25.1 Å². The van der Waals surface area contributed by atoms with Gasteiger partial charge >= 0.3 is 5.97 Å². The lowest BCUT2D eigenvalue weighted by Crippen LogP contribution is -2.31. The molecule has 0 aliphatic heterocycles. The van der Waals surface area contributed by atoms with Crippen LogP contribution in [-0.4, -0.2) is 57.1 Å². The summed E-state index contributed by atoms with van der Waals surface area (Å²) in [4.78, 5) is 32.5. The van der Waals surface area contributed by atoms with Crippen LogP contribution in [0.25, 0.3) is 5.69 Å². The number of hydrogen-bond acceptors (Lipinski definition) is 9. The third-order valence-electron chi connectivity index (χ3n) is 3.87. The molecule has 1 amide bonds. The molecule has 3 rings (SSSR count). The van der Waals surface area contributed by atoms with E-state index in [-0.39, 0.29) is 18.8 Å². The van der Waals surface area contributed by atoms with Crippen molar-refractivity contribution in [3.8, 4) is 11.4 Å². The third-order valence-corrected chi connectivity index (χ3v) is 4.76. The van der Waals surface area contributed by atoms with Gasteiger partial charge in [-0.05, 0) is 37.3 Å². The second kappa shape index (κ2) is 10.3. The van der Waals surface area contributed by atoms with Gasteiger partial charge in [0.15, 0.2) is 10.9 Å². The van der Waals surface area contributed by atoms with Crippen molar-refractivity contribution in [1.29, 1.82) is 0 Å². The number of carbonyl (C=O) groups is 2. The number of hydrogen-bond donors (Lipinski definition) is 1. The van der Waals surface area contributed by atoms with Crippen molar-refractivity contribution >= 4 is 23.6 Å². The number of nitrogens with one attached hydrogen (secondary N) is 1. The smallest absolute Gasteiger partial charge is 0.325 e. The Hall–Kier alpha value is -3.47. The van der Waals surface area contributed by atoms with Crippen molar-refractivity contribution in [2.24, 2.45) is 0 Å². The minimum atomic E-state index is -0.526. The number of carbonyl (C=O) groups excluding carboxylic acids is 2. The van der Waals surface area contributed by atoms with Gasteiger partial charge in [-0.1, -0.05) is 17.0 Å². The molecule has 0 unspecified atom stereocenters. The summed E-state index contributed by atoms with van der Waals surface area (Å²) in [5.41, 5.74) is 1.36. The molecule has 0 aliphatic rings. The van der Waals surface area contributed by atoms with E-state index >= 15 is 0 Å². The van der Waals surface area contributed by atoms with Gasteiger partial charge in [-0.2, -0.15) is 0 Å². The zero-order chi connectivity index (χ0) is 21.3. The van der Waals surface area contributed by atoms with Crippen LogP contribution in [0.3, 0.4) is 0 Å². The minimum absolute atomic E-state index is 0.110. The van der Waals surface area contributed by atoms with Crippen LogP contribution in [-0.2, 0) is 15.3 Å². The minimum Gasteiger partial charge on any atom is -0.497 e. The molecule has 0 saturated carbocycles. The average Bonchev–Trinajstić information content (AvgIpc) is 3.21. The van der Waals surface area contributed by atoms with Gasteiger partial charge in [-0.25, -0.2) is 14.6 Å². The molecular formula is C19H20N6O4S. The van der Waals surface area contributed by atoms with Crippen LogP contribution in [0, 0.1) is 0 Å². The zero-order valence-corrected chi connectivity index (χ0v) is 17.3. The molecule has 0 aliphatic carbocycles. The maximum Gasteiger partial charge on any atom is 0.325 e. The Bertz CT molecular complexity index is 994. The van der Waals surface area contributed by atoms with E-state index in [1.54, 1.807) is 61.4 Å². The highest BCUT2D eigenvalue weighted by atomic mass is 32.2. The summed E-state index contributed by atoms with van der Waals surface area (Å²) < 4.78 is 11.6. The quantitative estimate of drug-likeness (QED) is 0.308. The predicted octanol–water partition coefficient (Wildman–Crippen LogP) is 1.65. The molecule has 0 spiro atoms. The SMILES string of the molecule is CCOC(=O)CNC(=O)c1nnn(-c2ccc(OC)cc2)c1CSc1ncccn1. The Labute approximate surface area is 177 Å². The van der Waals surface area contributed by atoms with E-state index in [0.29, 0.717) is 28.0 Å². The summed E-state index contributed by atoms with van der Waals surface area (Å²) in [6, 6.07) is 8.91. The lowest BCUT2D eigenvalue weighted by molar-refractivity contribution is -0.141. The fourth-order valence-electron chi connectivity index (χ4n) is 2.48. The van der Waals surface area contributed by atoms with Gasteiger partial charge in [-0.3, -0.25) is 9.59 Å². The monoisotopic (exact) mass is 428 g/mol. The Kier molecular flexibility index (Phi) is 7.33. The Morgan fingerprint density at radius 1 is 1.17 bits per heavy atom. The van der Waals surface area contributed by atoms with Crippen LogP contribution < -0.4 is 10.1 Å². The number of nitrogens with zero attached hydrogens (tertiary/aromatic N) is 5. The van der Waals surface area contributed by atoms with Gasteiger partial charge in [-0.15, -0.1) is 5.10 Å². The molecule has 30 heavy (non-hydrogen) atoms.